The molecular weight excluding hydrogens is 214 g/mol. The van der Waals surface area contributed by atoms with Gasteiger partial charge in [0, 0.05) is 26.1 Å². The summed E-state index contributed by atoms with van der Waals surface area (Å²) < 4.78 is 5.29. The summed E-state index contributed by atoms with van der Waals surface area (Å²) in [5.41, 5.74) is 7.00. The molecule has 0 radical (unpaired) electrons. The van der Waals surface area contributed by atoms with Gasteiger partial charge in [0.1, 0.15) is 5.69 Å². The van der Waals surface area contributed by atoms with E-state index in [4.69, 9.17) is 10.5 Å². The van der Waals surface area contributed by atoms with Crippen molar-refractivity contribution in [3.05, 3.63) is 24.0 Å². The quantitative estimate of drug-likeness (QED) is 0.763. The van der Waals surface area contributed by atoms with Gasteiger partial charge in [-0.25, -0.2) is 4.98 Å². The second-order valence-corrected chi connectivity index (χ2v) is 3.98. The van der Waals surface area contributed by atoms with Gasteiger partial charge in [-0.2, -0.15) is 0 Å². The van der Waals surface area contributed by atoms with E-state index >= 15 is 0 Å². The van der Waals surface area contributed by atoms with Gasteiger partial charge < -0.3 is 10.5 Å². The van der Waals surface area contributed by atoms with E-state index in [1.807, 2.05) is 12.1 Å². The molecule has 0 bridgehead atoms. The summed E-state index contributed by atoms with van der Waals surface area (Å²) in [4.78, 5) is 6.50. The number of ether oxygens (including phenoxy) is 1. The van der Waals surface area contributed by atoms with Gasteiger partial charge >= 0.3 is 0 Å². The molecule has 1 aliphatic heterocycles. The van der Waals surface area contributed by atoms with Crippen LogP contribution in [0, 0.1) is 11.8 Å². The lowest BCUT2D eigenvalue weighted by Gasteiger charge is -2.25. The third kappa shape index (κ3) is 4.06. The SMILES string of the molecule is Nc1ccc(C#CCCN2CCOCC2)nc1. The summed E-state index contributed by atoms with van der Waals surface area (Å²) >= 11 is 0. The molecule has 2 rings (SSSR count). The Morgan fingerprint density at radius 3 is 2.88 bits per heavy atom. The van der Waals surface area contributed by atoms with Crippen LogP contribution in [-0.2, 0) is 4.74 Å². The van der Waals surface area contributed by atoms with E-state index in [0.29, 0.717) is 5.69 Å². The smallest absolute Gasteiger partial charge is 0.113 e. The number of morpholine rings is 1. The first-order valence-corrected chi connectivity index (χ1v) is 5.85. The molecule has 0 aliphatic carbocycles. The van der Waals surface area contributed by atoms with Crippen LogP contribution in [0.25, 0.3) is 0 Å². The van der Waals surface area contributed by atoms with Crippen molar-refractivity contribution in [2.45, 2.75) is 6.42 Å². The fourth-order valence-electron chi connectivity index (χ4n) is 1.67. The van der Waals surface area contributed by atoms with Crippen LogP contribution >= 0.6 is 0 Å². The summed E-state index contributed by atoms with van der Waals surface area (Å²) in [6, 6.07) is 3.66. The first-order chi connectivity index (χ1) is 8.34. The van der Waals surface area contributed by atoms with Crippen LogP contribution in [0.3, 0.4) is 0 Å². The van der Waals surface area contributed by atoms with Crippen LogP contribution in [0.4, 0.5) is 5.69 Å². The van der Waals surface area contributed by atoms with Crippen molar-refractivity contribution in [3.8, 4) is 11.8 Å². The fourth-order valence-corrected chi connectivity index (χ4v) is 1.67. The normalized spacial score (nSPS) is 16.2. The third-order valence-electron chi connectivity index (χ3n) is 2.66. The van der Waals surface area contributed by atoms with Gasteiger partial charge in [0.05, 0.1) is 25.1 Å². The number of aromatic nitrogens is 1. The first-order valence-electron chi connectivity index (χ1n) is 5.85. The van der Waals surface area contributed by atoms with Gasteiger partial charge in [-0.1, -0.05) is 5.92 Å². The van der Waals surface area contributed by atoms with E-state index in [2.05, 4.69) is 21.7 Å². The van der Waals surface area contributed by atoms with E-state index in [1.54, 1.807) is 6.20 Å². The number of nitrogens with zero attached hydrogens (tertiary/aromatic N) is 2. The highest BCUT2D eigenvalue weighted by molar-refractivity contribution is 5.38. The van der Waals surface area contributed by atoms with Crippen molar-refractivity contribution in [2.24, 2.45) is 0 Å². The summed E-state index contributed by atoms with van der Waals surface area (Å²) in [6.45, 7) is 4.72. The van der Waals surface area contributed by atoms with Crippen molar-refractivity contribution in [1.82, 2.24) is 9.88 Å². The highest BCUT2D eigenvalue weighted by Gasteiger charge is 2.08. The topological polar surface area (TPSA) is 51.4 Å². The van der Waals surface area contributed by atoms with Crippen LogP contribution < -0.4 is 5.73 Å². The molecule has 90 valence electrons. The zero-order valence-electron chi connectivity index (χ0n) is 9.85. The highest BCUT2D eigenvalue weighted by Crippen LogP contribution is 2.00. The molecular formula is C13H17N3O. The molecule has 1 aromatic rings. The second-order valence-electron chi connectivity index (χ2n) is 3.98. The van der Waals surface area contributed by atoms with Crippen LogP contribution in [-0.4, -0.2) is 42.7 Å². The summed E-state index contributed by atoms with van der Waals surface area (Å²) in [5.74, 6) is 6.17. The van der Waals surface area contributed by atoms with E-state index in [1.165, 1.54) is 0 Å². The molecule has 1 saturated heterocycles. The van der Waals surface area contributed by atoms with Gasteiger partial charge in [0.2, 0.25) is 0 Å². The number of rotatable bonds is 2. The summed E-state index contributed by atoms with van der Waals surface area (Å²) in [5, 5.41) is 0. The van der Waals surface area contributed by atoms with E-state index in [-0.39, 0.29) is 0 Å². The Labute approximate surface area is 102 Å². The van der Waals surface area contributed by atoms with Gasteiger partial charge in [-0.05, 0) is 18.1 Å². The highest BCUT2D eigenvalue weighted by atomic mass is 16.5. The zero-order chi connectivity index (χ0) is 11.9. The first kappa shape index (κ1) is 11.9. The zero-order valence-corrected chi connectivity index (χ0v) is 9.85. The average Bonchev–Trinajstić information content (AvgIpc) is 2.38. The summed E-state index contributed by atoms with van der Waals surface area (Å²) in [7, 11) is 0. The van der Waals surface area contributed by atoms with E-state index < -0.39 is 0 Å². The Kier molecular flexibility index (Phi) is 4.37. The van der Waals surface area contributed by atoms with Crippen molar-refractivity contribution >= 4 is 5.69 Å². The lowest BCUT2D eigenvalue weighted by Crippen LogP contribution is -2.36. The number of anilines is 1. The van der Waals surface area contributed by atoms with Crippen molar-refractivity contribution in [3.63, 3.8) is 0 Å². The Morgan fingerprint density at radius 2 is 2.18 bits per heavy atom. The molecule has 2 N–H and O–H groups in total. The number of pyridine rings is 1. The van der Waals surface area contributed by atoms with E-state index in [0.717, 1.165) is 45.0 Å². The predicted molar refractivity (Wildman–Crippen MR) is 67.4 cm³/mol. The monoisotopic (exact) mass is 231 g/mol. The van der Waals surface area contributed by atoms with Crippen LogP contribution in [0.5, 0.6) is 0 Å². The Bertz CT molecular complexity index is 399. The lowest BCUT2D eigenvalue weighted by molar-refractivity contribution is 0.0390. The van der Waals surface area contributed by atoms with Gasteiger partial charge in [0.15, 0.2) is 0 Å². The van der Waals surface area contributed by atoms with Gasteiger partial charge in [-0.15, -0.1) is 0 Å². The number of nitrogens with two attached hydrogens (primary N) is 1. The summed E-state index contributed by atoms with van der Waals surface area (Å²) in [6.07, 6.45) is 2.50. The molecule has 1 aliphatic rings. The predicted octanol–water partition coefficient (Wildman–Crippen LogP) is 0.738. The molecule has 4 heteroatoms. The molecule has 1 aromatic heterocycles. The van der Waals surface area contributed by atoms with Crippen molar-refractivity contribution < 1.29 is 4.74 Å². The molecule has 0 unspecified atom stereocenters. The van der Waals surface area contributed by atoms with Crippen LogP contribution in [0.2, 0.25) is 0 Å². The third-order valence-corrected chi connectivity index (χ3v) is 2.66. The maximum absolute atomic E-state index is 5.55. The minimum Gasteiger partial charge on any atom is -0.397 e. The second kappa shape index (κ2) is 6.24. The molecule has 4 nitrogen and oxygen atoms in total. The van der Waals surface area contributed by atoms with Crippen molar-refractivity contribution in [2.75, 3.05) is 38.6 Å². The Hall–Kier alpha value is -1.57. The maximum atomic E-state index is 5.55. The maximum Gasteiger partial charge on any atom is 0.113 e. The van der Waals surface area contributed by atoms with Gasteiger partial charge in [0.25, 0.3) is 0 Å². The molecule has 2 heterocycles. The molecule has 0 amide bonds. The Morgan fingerprint density at radius 1 is 1.35 bits per heavy atom. The van der Waals surface area contributed by atoms with Gasteiger partial charge in [-0.3, -0.25) is 4.90 Å². The molecule has 0 aromatic carbocycles. The number of hydrogen-bond donors (Lipinski definition) is 1. The van der Waals surface area contributed by atoms with Crippen LogP contribution in [0.1, 0.15) is 12.1 Å². The minimum absolute atomic E-state index is 0.670. The number of hydrogen-bond acceptors (Lipinski definition) is 4. The molecule has 0 spiro atoms. The van der Waals surface area contributed by atoms with Crippen LogP contribution in [0.15, 0.2) is 18.3 Å². The Balaban J connectivity index is 1.76. The molecule has 1 fully saturated rings. The number of nitrogen functional groups attached to an aromatic ring is 1. The van der Waals surface area contributed by atoms with E-state index in [9.17, 15) is 0 Å². The minimum atomic E-state index is 0.670. The largest absolute Gasteiger partial charge is 0.397 e. The lowest BCUT2D eigenvalue weighted by atomic mass is 10.3. The molecule has 17 heavy (non-hydrogen) atoms. The molecule has 0 atom stereocenters. The standard InChI is InChI=1S/C13H17N3O/c14-12-4-5-13(15-11-12)3-1-2-6-16-7-9-17-10-8-16/h4-5,11H,2,6-10,14H2. The fraction of sp³-hybridized carbons (Fsp3) is 0.462. The van der Waals surface area contributed by atoms with Crippen molar-refractivity contribution in [1.29, 1.82) is 0 Å². The average molecular weight is 231 g/mol. The molecule has 0 saturated carbocycles.